The number of hydrogen-bond acceptors (Lipinski definition) is 6. The van der Waals surface area contributed by atoms with Crippen LogP contribution in [-0.4, -0.2) is 22.7 Å². The predicted molar refractivity (Wildman–Crippen MR) is 105 cm³/mol. The number of rotatable bonds is 4. The van der Waals surface area contributed by atoms with Crippen LogP contribution in [0.1, 0.15) is 29.6 Å². The number of carbonyl (C=O) groups is 3. The number of anilines is 1. The van der Waals surface area contributed by atoms with E-state index in [1.165, 1.54) is 41.3 Å². The standard InChI is InChI=1S/C22H18N2O6/c25-20-18-13-1-2-14(11-13)19(18)21(26)23(20)15-5-3-12(4-6-15)22(27)30-17-9-7-16(8-10-17)24(28)29/h3-10,13-14,18-19H,1-2,11H2/t13-,14-,18+,19+/m0/s1. The van der Waals surface area contributed by atoms with Gasteiger partial charge in [0.25, 0.3) is 5.69 Å². The number of hydrogen-bond donors (Lipinski definition) is 0. The molecule has 8 heteroatoms. The molecule has 2 bridgehead atoms. The van der Waals surface area contributed by atoms with E-state index in [4.69, 9.17) is 4.74 Å². The van der Waals surface area contributed by atoms with Crippen LogP contribution in [0.5, 0.6) is 5.75 Å². The molecule has 5 rings (SSSR count). The zero-order chi connectivity index (χ0) is 21.0. The number of nitro benzene ring substituents is 1. The molecule has 0 aromatic heterocycles. The highest BCUT2D eigenvalue weighted by Crippen LogP contribution is 2.56. The molecule has 2 aromatic rings. The molecule has 152 valence electrons. The van der Waals surface area contributed by atoms with Crippen molar-refractivity contribution in [3.8, 4) is 5.75 Å². The molecule has 1 heterocycles. The predicted octanol–water partition coefficient (Wildman–Crippen LogP) is 3.35. The second-order valence-corrected chi connectivity index (χ2v) is 8.08. The molecule has 0 radical (unpaired) electrons. The van der Waals surface area contributed by atoms with E-state index in [0.29, 0.717) is 17.5 Å². The molecule has 2 aliphatic carbocycles. The summed E-state index contributed by atoms with van der Waals surface area (Å²) in [6, 6.07) is 11.4. The Labute approximate surface area is 171 Å². The van der Waals surface area contributed by atoms with Crippen molar-refractivity contribution in [1.82, 2.24) is 0 Å². The Balaban J connectivity index is 1.31. The fraction of sp³-hybridized carbons (Fsp3) is 0.318. The molecule has 1 saturated heterocycles. The lowest BCUT2D eigenvalue weighted by molar-refractivity contribution is -0.384. The van der Waals surface area contributed by atoms with Crippen LogP contribution in [0, 0.1) is 33.8 Å². The summed E-state index contributed by atoms with van der Waals surface area (Å²) in [6.45, 7) is 0. The highest BCUT2D eigenvalue weighted by molar-refractivity contribution is 6.22. The van der Waals surface area contributed by atoms with Crippen LogP contribution in [0.25, 0.3) is 0 Å². The van der Waals surface area contributed by atoms with Gasteiger partial charge in [0.05, 0.1) is 28.0 Å². The molecule has 3 fully saturated rings. The largest absolute Gasteiger partial charge is 0.423 e. The minimum Gasteiger partial charge on any atom is -0.423 e. The van der Waals surface area contributed by atoms with Crippen molar-refractivity contribution in [3.63, 3.8) is 0 Å². The fourth-order valence-corrected chi connectivity index (χ4v) is 5.21. The molecule has 0 N–H and O–H groups in total. The third-order valence-corrected chi connectivity index (χ3v) is 6.55. The first kappa shape index (κ1) is 18.5. The first-order chi connectivity index (χ1) is 14.4. The maximum Gasteiger partial charge on any atom is 0.343 e. The third kappa shape index (κ3) is 2.79. The van der Waals surface area contributed by atoms with Gasteiger partial charge in [0.2, 0.25) is 11.8 Å². The van der Waals surface area contributed by atoms with Crippen LogP contribution in [-0.2, 0) is 9.59 Å². The Hall–Kier alpha value is -3.55. The van der Waals surface area contributed by atoms with Crippen molar-refractivity contribution in [2.24, 2.45) is 23.7 Å². The number of ether oxygens (including phenoxy) is 1. The van der Waals surface area contributed by atoms with Crippen molar-refractivity contribution >= 4 is 29.2 Å². The van der Waals surface area contributed by atoms with Gasteiger partial charge in [0, 0.05) is 12.1 Å². The van der Waals surface area contributed by atoms with Gasteiger partial charge in [-0.2, -0.15) is 0 Å². The van der Waals surface area contributed by atoms with Gasteiger partial charge in [-0.3, -0.25) is 24.6 Å². The van der Waals surface area contributed by atoms with E-state index >= 15 is 0 Å². The van der Waals surface area contributed by atoms with Crippen molar-refractivity contribution in [1.29, 1.82) is 0 Å². The van der Waals surface area contributed by atoms with E-state index in [1.807, 2.05) is 0 Å². The summed E-state index contributed by atoms with van der Waals surface area (Å²) in [4.78, 5) is 49.5. The molecule has 3 aliphatic rings. The van der Waals surface area contributed by atoms with E-state index in [0.717, 1.165) is 19.3 Å². The summed E-state index contributed by atoms with van der Waals surface area (Å²) in [6.07, 6.45) is 3.02. The van der Waals surface area contributed by atoms with E-state index in [1.54, 1.807) is 12.1 Å². The van der Waals surface area contributed by atoms with Gasteiger partial charge in [-0.25, -0.2) is 4.79 Å². The Bertz CT molecular complexity index is 1030. The lowest BCUT2D eigenvalue weighted by atomic mass is 9.81. The van der Waals surface area contributed by atoms with Crippen molar-refractivity contribution < 1.29 is 24.0 Å². The molecular formula is C22H18N2O6. The third-order valence-electron chi connectivity index (χ3n) is 6.55. The molecule has 2 saturated carbocycles. The van der Waals surface area contributed by atoms with E-state index < -0.39 is 10.9 Å². The van der Waals surface area contributed by atoms with Crippen LogP contribution in [0.2, 0.25) is 0 Å². The number of amides is 2. The quantitative estimate of drug-likeness (QED) is 0.253. The van der Waals surface area contributed by atoms with E-state index in [9.17, 15) is 24.5 Å². The maximum atomic E-state index is 12.9. The minimum atomic E-state index is -0.635. The van der Waals surface area contributed by atoms with Gasteiger partial charge in [-0.05, 0) is 67.5 Å². The SMILES string of the molecule is O=C(Oc1ccc([N+](=O)[O-])cc1)c1ccc(N2C(=O)[C@@H]3[C@H]4CC[C@@H](C4)[C@H]3C2=O)cc1. The Kier molecular flexibility index (Phi) is 4.16. The molecule has 0 spiro atoms. The Morgan fingerprint density at radius 1 is 0.933 bits per heavy atom. The van der Waals surface area contributed by atoms with Crippen molar-refractivity contribution in [2.45, 2.75) is 19.3 Å². The number of fused-ring (bicyclic) bond motifs is 5. The second-order valence-electron chi connectivity index (χ2n) is 8.08. The molecule has 2 amide bonds. The second kappa shape index (κ2) is 6.76. The molecule has 8 nitrogen and oxygen atoms in total. The minimum absolute atomic E-state index is 0.0997. The summed E-state index contributed by atoms with van der Waals surface area (Å²) in [7, 11) is 0. The lowest BCUT2D eigenvalue weighted by Crippen LogP contribution is -2.32. The maximum absolute atomic E-state index is 12.9. The van der Waals surface area contributed by atoms with Crippen molar-refractivity contribution in [2.75, 3.05) is 4.90 Å². The molecule has 1 aliphatic heterocycles. The normalized spacial score (nSPS) is 26.7. The molecule has 0 unspecified atom stereocenters. The van der Waals surface area contributed by atoms with Gasteiger partial charge in [0.1, 0.15) is 5.75 Å². The topological polar surface area (TPSA) is 107 Å². The highest BCUT2D eigenvalue weighted by atomic mass is 16.6. The van der Waals surface area contributed by atoms with Gasteiger partial charge in [-0.1, -0.05) is 0 Å². The van der Waals surface area contributed by atoms with Crippen LogP contribution >= 0.6 is 0 Å². The molecule has 4 atom stereocenters. The van der Waals surface area contributed by atoms with E-state index in [2.05, 4.69) is 0 Å². The summed E-state index contributed by atoms with van der Waals surface area (Å²) >= 11 is 0. The zero-order valence-electron chi connectivity index (χ0n) is 15.9. The molecule has 2 aromatic carbocycles. The number of non-ortho nitro benzene ring substituents is 1. The molecular weight excluding hydrogens is 388 g/mol. The Morgan fingerprint density at radius 3 is 2.03 bits per heavy atom. The monoisotopic (exact) mass is 406 g/mol. The number of nitrogens with zero attached hydrogens (tertiary/aromatic N) is 2. The average Bonchev–Trinajstić information content (AvgIpc) is 3.42. The van der Waals surface area contributed by atoms with Crippen LogP contribution < -0.4 is 9.64 Å². The number of nitro groups is 1. The highest BCUT2D eigenvalue weighted by Gasteiger charge is 2.61. The zero-order valence-corrected chi connectivity index (χ0v) is 15.9. The van der Waals surface area contributed by atoms with Gasteiger partial charge < -0.3 is 4.74 Å². The number of benzene rings is 2. The smallest absolute Gasteiger partial charge is 0.343 e. The summed E-state index contributed by atoms with van der Waals surface area (Å²) < 4.78 is 5.23. The van der Waals surface area contributed by atoms with Gasteiger partial charge in [0.15, 0.2) is 0 Å². The first-order valence-electron chi connectivity index (χ1n) is 9.88. The van der Waals surface area contributed by atoms with Gasteiger partial charge >= 0.3 is 5.97 Å². The average molecular weight is 406 g/mol. The first-order valence-corrected chi connectivity index (χ1v) is 9.88. The summed E-state index contributed by atoms with van der Waals surface area (Å²) in [5, 5.41) is 10.7. The van der Waals surface area contributed by atoms with Crippen LogP contribution in [0.4, 0.5) is 11.4 Å². The van der Waals surface area contributed by atoms with Crippen LogP contribution in [0.15, 0.2) is 48.5 Å². The summed E-state index contributed by atoms with van der Waals surface area (Å²) in [5.41, 5.74) is 0.611. The number of esters is 1. The van der Waals surface area contributed by atoms with E-state index in [-0.39, 0.29) is 40.7 Å². The van der Waals surface area contributed by atoms with Crippen molar-refractivity contribution in [3.05, 3.63) is 64.2 Å². The molecule has 30 heavy (non-hydrogen) atoms. The fourth-order valence-electron chi connectivity index (χ4n) is 5.21. The van der Waals surface area contributed by atoms with Crippen LogP contribution in [0.3, 0.4) is 0 Å². The Morgan fingerprint density at radius 2 is 1.50 bits per heavy atom. The number of imide groups is 1. The summed E-state index contributed by atoms with van der Waals surface area (Å²) in [5.74, 6) is -0.454. The van der Waals surface area contributed by atoms with Gasteiger partial charge in [-0.15, -0.1) is 0 Å². The lowest BCUT2D eigenvalue weighted by Gasteiger charge is -2.19. The number of carbonyl (C=O) groups excluding carboxylic acids is 3.